The highest BCUT2D eigenvalue weighted by atomic mass is 16.5. The van der Waals surface area contributed by atoms with Gasteiger partial charge in [-0.05, 0) is 96.8 Å². The number of nitrogens with zero attached hydrogens (tertiary/aromatic N) is 1. The van der Waals surface area contributed by atoms with Crippen molar-refractivity contribution in [3.63, 3.8) is 0 Å². The summed E-state index contributed by atoms with van der Waals surface area (Å²) in [7, 11) is 5.06. The molecule has 5 rings (SSSR count). The molecule has 0 aliphatic carbocycles. The number of nitrogens with one attached hydrogen (secondary N) is 1. The first kappa shape index (κ1) is 26.7. The van der Waals surface area contributed by atoms with Crippen LogP contribution in [0.2, 0.25) is 0 Å². The van der Waals surface area contributed by atoms with E-state index in [-0.39, 0.29) is 0 Å². The third-order valence-electron chi connectivity index (χ3n) is 6.97. The quantitative estimate of drug-likeness (QED) is 0.206. The zero-order valence-corrected chi connectivity index (χ0v) is 23.6. The molecule has 5 aromatic carbocycles. The molecule has 0 heterocycles. The molecule has 0 bridgehead atoms. The van der Waals surface area contributed by atoms with Gasteiger partial charge in [0.05, 0.1) is 21.3 Å². The fourth-order valence-electron chi connectivity index (χ4n) is 4.85. The fourth-order valence-corrected chi connectivity index (χ4v) is 4.85. The predicted octanol–water partition coefficient (Wildman–Crippen LogP) is 9.21. The summed E-state index contributed by atoms with van der Waals surface area (Å²) in [4.78, 5) is 2.23. The lowest BCUT2D eigenvalue weighted by Crippen LogP contribution is -2.11. The zero-order chi connectivity index (χ0) is 28.1. The maximum Gasteiger partial charge on any atom is 0.120 e. The van der Waals surface area contributed by atoms with E-state index in [1.807, 2.05) is 60.7 Å². The van der Waals surface area contributed by atoms with Crippen LogP contribution in [0.3, 0.4) is 0 Å². The molecule has 5 nitrogen and oxygen atoms in total. The number of ether oxygens (including phenoxy) is 3. The van der Waals surface area contributed by atoms with Crippen LogP contribution in [0.5, 0.6) is 17.2 Å². The van der Waals surface area contributed by atoms with E-state index in [2.05, 4.69) is 72.6 Å². The summed E-state index contributed by atoms with van der Waals surface area (Å²) < 4.78 is 16.4. The van der Waals surface area contributed by atoms with Crippen molar-refractivity contribution in [2.45, 2.75) is 13.8 Å². The largest absolute Gasteiger partial charge is 0.497 e. The lowest BCUT2D eigenvalue weighted by Gasteiger charge is -2.28. The number of hydrogen-bond acceptors (Lipinski definition) is 5. The monoisotopic (exact) mass is 530 g/mol. The molecule has 0 spiro atoms. The summed E-state index contributed by atoms with van der Waals surface area (Å²) in [5.74, 6) is 2.43. The van der Waals surface area contributed by atoms with Gasteiger partial charge in [-0.25, -0.2) is 0 Å². The van der Waals surface area contributed by atoms with E-state index in [9.17, 15) is 0 Å². The molecule has 0 unspecified atom stereocenters. The van der Waals surface area contributed by atoms with Crippen molar-refractivity contribution in [3.8, 4) is 28.4 Å². The number of hydrogen-bond donors (Lipinski definition) is 1. The van der Waals surface area contributed by atoms with E-state index < -0.39 is 0 Å². The summed E-state index contributed by atoms with van der Waals surface area (Å²) in [6, 6.07) is 37.3. The van der Waals surface area contributed by atoms with Crippen LogP contribution < -0.4 is 24.4 Å². The second kappa shape index (κ2) is 11.9. The van der Waals surface area contributed by atoms with Crippen LogP contribution in [0.4, 0.5) is 28.4 Å². The highest BCUT2D eigenvalue weighted by molar-refractivity contribution is 5.82. The third-order valence-corrected chi connectivity index (χ3v) is 6.97. The maximum atomic E-state index is 5.54. The van der Waals surface area contributed by atoms with Gasteiger partial charge in [0.2, 0.25) is 0 Å². The van der Waals surface area contributed by atoms with Gasteiger partial charge in [0.1, 0.15) is 17.2 Å². The number of aryl methyl sites for hydroxylation is 2. The van der Waals surface area contributed by atoms with Crippen molar-refractivity contribution in [1.82, 2.24) is 0 Å². The average molecular weight is 531 g/mol. The normalized spacial score (nSPS) is 10.6. The molecular weight excluding hydrogens is 496 g/mol. The predicted molar refractivity (Wildman–Crippen MR) is 165 cm³/mol. The van der Waals surface area contributed by atoms with E-state index in [0.29, 0.717) is 0 Å². The van der Waals surface area contributed by atoms with Crippen LogP contribution in [-0.2, 0) is 0 Å². The first-order valence-electron chi connectivity index (χ1n) is 13.2. The minimum Gasteiger partial charge on any atom is -0.497 e. The van der Waals surface area contributed by atoms with Crippen LogP contribution in [-0.4, -0.2) is 21.3 Å². The summed E-state index contributed by atoms with van der Waals surface area (Å²) in [5, 5.41) is 3.51. The second-order valence-electron chi connectivity index (χ2n) is 9.63. The molecule has 202 valence electrons. The number of benzene rings is 5. The van der Waals surface area contributed by atoms with Crippen molar-refractivity contribution >= 4 is 28.4 Å². The molecule has 5 aromatic rings. The van der Waals surface area contributed by atoms with E-state index in [4.69, 9.17) is 14.2 Å². The Labute approximate surface area is 236 Å². The Kier molecular flexibility index (Phi) is 7.92. The van der Waals surface area contributed by atoms with E-state index in [1.54, 1.807) is 21.3 Å². The Morgan fingerprint density at radius 2 is 1.05 bits per heavy atom. The van der Waals surface area contributed by atoms with E-state index in [1.165, 1.54) is 0 Å². The highest BCUT2D eigenvalue weighted by Crippen LogP contribution is 2.40. The maximum absolute atomic E-state index is 5.54. The van der Waals surface area contributed by atoms with E-state index in [0.717, 1.165) is 67.9 Å². The number of rotatable bonds is 9. The summed E-state index contributed by atoms with van der Waals surface area (Å²) in [6.07, 6.45) is 0. The molecule has 0 atom stereocenters. The SMILES string of the molecule is COc1cccc(Nc2ccc(-c3ccc(N(c4cccc(OC)c4)c4cccc(OC)c4)c(C)c3)cc2C)c1. The Balaban J connectivity index is 1.49. The molecular formula is C35H34N2O3. The molecule has 5 heteroatoms. The van der Waals surface area contributed by atoms with Gasteiger partial charge >= 0.3 is 0 Å². The molecule has 0 saturated carbocycles. The Bertz CT molecular complexity index is 1580. The average Bonchev–Trinajstić information content (AvgIpc) is 2.99. The van der Waals surface area contributed by atoms with Crippen molar-refractivity contribution in [2.75, 3.05) is 31.5 Å². The van der Waals surface area contributed by atoms with Crippen molar-refractivity contribution in [3.05, 3.63) is 120 Å². The van der Waals surface area contributed by atoms with Gasteiger partial charge in [0.15, 0.2) is 0 Å². The molecule has 0 amide bonds. The Hall–Kier alpha value is -4.90. The molecule has 0 fully saturated rings. The fraction of sp³-hybridized carbons (Fsp3) is 0.143. The van der Waals surface area contributed by atoms with Crippen LogP contribution >= 0.6 is 0 Å². The van der Waals surface area contributed by atoms with E-state index >= 15 is 0 Å². The lowest BCUT2D eigenvalue weighted by atomic mass is 9.99. The van der Waals surface area contributed by atoms with Gasteiger partial charge in [-0.1, -0.05) is 30.3 Å². The minimum atomic E-state index is 0.804. The van der Waals surface area contributed by atoms with Crippen LogP contribution in [0.15, 0.2) is 109 Å². The standard InChI is InChI=1S/C35H34N2O3/c1-24-19-26(15-17-34(24)36-28-9-6-12-31(21-28)38-3)27-16-18-35(25(2)20-27)37(29-10-7-13-32(22-29)39-4)30-11-8-14-33(23-30)40-5/h6-23,36H,1-5H3. The topological polar surface area (TPSA) is 43.0 Å². The second-order valence-corrected chi connectivity index (χ2v) is 9.63. The van der Waals surface area contributed by atoms with Crippen molar-refractivity contribution < 1.29 is 14.2 Å². The molecule has 1 N–H and O–H groups in total. The zero-order valence-electron chi connectivity index (χ0n) is 23.6. The van der Waals surface area contributed by atoms with Gasteiger partial charge in [-0.15, -0.1) is 0 Å². The van der Waals surface area contributed by atoms with Gasteiger partial charge in [-0.3, -0.25) is 0 Å². The molecule has 0 aliphatic heterocycles. The molecule has 0 saturated heterocycles. The Morgan fingerprint density at radius 1 is 0.525 bits per heavy atom. The Morgan fingerprint density at radius 3 is 1.60 bits per heavy atom. The van der Waals surface area contributed by atoms with Gasteiger partial charge in [-0.2, -0.15) is 0 Å². The van der Waals surface area contributed by atoms with Gasteiger partial charge < -0.3 is 24.4 Å². The summed E-state index contributed by atoms with van der Waals surface area (Å²) >= 11 is 0. The molecule has 40 heavy (non-hydrogen) atoms. The van der Waals surface area contributed by atoms with Crippen molar-refractivity contribution in [2.24, 2.45) is 0 Å². The molecule has 0 radical (unpaired) electrons. The molecule has 0 aliphatic rings. The van der Waals surface area contributed by atoms with Gasteiger partial charge in [0, 0.05) is 46.6 Å². The molecule has 0 aromatic heterocycles. The number of methoxy groups -OCH3 is 3. The first-order chi connectivity index (χ1) is 19.5. The third kappa shape index (κ3) is 5.74. The van der Waals surface area contributed by atoms with Crippen LogP contribution in [0, 0.1) is 13.8 Å². The summed E-state index contributed by atoms with van der Waals surface area (Å²) in [6.45, 7) is 4.28. The first-order valence-corrected chi connectivity index (χ1v) is 13.2. The van der Waals surface area contributed by atoms with Crippen molar-refractivity contribution in [1.29, 1.82) is 0 Å². The smallest absolute Gasteiger partial charge is 0.120 e. The summed E-state index contributed by atoms with van der Waals surface area (Å²) in [5.41, 5.74) is 9.79. The van der Waals surface area contributed by atoms with Crippen LogP contribution in [0.1, 0.15) is 11.1 Å². The van der Waals surface area contributed by atoms with Gasteiger partial charge in [0.25, 0.3) is 0 Å². The minimum absolute atomic E-state index is 0.804. The highest BCUT2D eigenvalue weighted by Gasteiger charge is 2.17. The number of anilines is 5. The lowest BCUT2D eigenvalue weighted by molar-refractivity contribution is 0.414. The van der Waals surface area contributed by atoms with Crippen LogP contribution in [0.25, 0.3) is 11.1 Å².